The summed E-state index contributed by atoms with van der Waals surface area (Å²) in [5, 5.41) is 12.4. The number of rotatable bonds is 4. The number of hydrogen-bond acceptors (Lipinski definition) is 3. The molecule has 1 aromatic heterocycles. The van der Waals surface area contributed by atoms with Crippen molar-refractivity contribution in [3.63, 3.8) is 0 Å². The summed E-state index contributed by atoms with van der Waals surface area (Å²) in [7, 11) is 0. The number of aliphatic hydroxyl groups excluding tert-OH is 1. The third-order valence-corrected chi connectivity index (χ3v) is 4.21. The molecule has 0 fully saturated rings. The standard InChI is InChI=1S/C11H16ClNOS/c1-7(6-14)5-13-9-2-3-10-8(9)4-11(12)15-10/h4,7,9,13-14H,2-3,5-6H2,1H3. The van der Waals surface area contributed by atoms with E-state index in [1.165, 1.54) is 10.4 Å². The van der Waals surface area contributed by atoms with Gasteiger partial charge < -0.3 is 10.4 Å². The molecule has 1 heterocycles. The fourth-order valence-electron chi connectivity index (χ4n) is 1.95. The van der Waals surface area contributed by atoms with E-state index in [9.17, 15) is 0 Å². The van der Waals surface area contributed by atoms with E-state index in [-0.39, 0.29) is 6.61 Å². The van der Waals surface area contributed by atoms with Crippen molar-refractivity contribution in [2.75, 3.05) is 13.2 Å². The summed E-state index contributed by atoms with van der Waals surface area (Å²) in [5.74, 6) is 0.322. The van der Waals surface area contributed by atoms with E-state index in [0.29, 0.717) is 12.0 Å². The van der Waals surface area contributed by atoms with Crippen LogP contribution in [0.15, 0.2) is 6.07 Å². The minimum atomic E-state index is 0.247. The molecule has 2 rings (SSSR count). The quantitative estimate of drug-likeness (QED) is 0.855. The van der Waals surface area contributed by atoms with Gasteiger partial charge in [-0.3, -0.25) is 0 Å². The average molecular weight is 246 g/mol. The number of fused-ring (bicyclic) bond motifs is 1. The molecule has 84 valence electrons. The zero-order chi connectivity index (χ0) is 10.8. The van der Waals surface area contributed by atoms with Gasteiger partial charge in [-0.15, -0.1) is 11.3 Å². The Morgan fingerprint density at radius 3 is 3.27 bits per heavy atom. The Bertz CT molecular complexity index is 339. The van der Waals surface area contributed by atoms with Crippen molar-refractivity contribution in [1.29, 1.82) is 0 Å². The molecule has 1 aliphatic carbocycles. The minimum absolute atomic E-state index is 0.247. The number of aliphatic hydroxyl groups is 1. The number of halogens is 1. The highest BCUT2D eigenvalue weighted by atomic mass is 35.5. The van der Waals surface area contributed by atoms with E-state index in [1.54, 1.807) is 11.3 Å². The zero-order valence-corrected chi connectivity index (χ0v) is 10.4. The predicted octanol–water partition coefficient (Wildman–Crippen LogP) is 2.61. The summed E-state index contributed by atoms with van der Waals surface area (Å²) in [6.45, 7) is 3.16. The van der Waals surface area contributed by atoms with Crippen molar-refractivity contribution in [3.05, 3.63) is 20.8 Å². The van der Waals surface area contributed by atoms with Gasteiger partial charge >= 0.3 is 0 Å². The molecule has 1 aliphatic rings. The molecule has 1 aromatic rings. The van der Waals surface area contributed by atoms with Gasteiger partial charge in [0.15, 0.2) is 0 Å². The van der Waals surface area contributed by atoms with E-state index in [0.717, 1.165) is 23.7 Å². The summed E-state index contributed by atoms with van der Waals surface area (Å²) in [6, 6.07) is 2.52. The van der Waals surface area contributed by atoms with Crippen molar-refractivity contribution in [2.45, 2.75) is 25.8 Å². The molecule has 0 aromatic carbocycles. The van der Waals surface area contributed by atoms with E-state index in [2.05, 4.69) is 11.4 Å². The maximum absolute atomic E-state index is 8.95. The maximum atomic E-state index is 8.95. The van der Waals surface area contributed by atoms with Gasteiger partial charge in [0.25, 0.3) is 0 Å². The third kappa shape index (κ3) is 2.53. The Morgan fingerprint density at radius 2 is 2.53 bits per heavy atom. The van der Waals surface area contributed by atoms with Crippen LogP contribution in [0.3, 0.4) is 0 Å². The van der Waals surface area contributed by atoms with Gasteiger partial charge in [0.05, 0.1) is 4.34 Å². The van der Waals surface area contributed by atoms with E-state index >= 15 is 0 Å². The van der Waals surface area contributed by atoms with Crippen molar-refractivity contribution >= 4 is 22.9 Å². The van der Waals surface area contributed by atoms with Gasteiger partial charge in [0.1, 0.15) is 0 Å². The average Bonchev–Trinajstić information content (AvgIpc) is 2.73. The number of hydrogen-bond donors (Lipinski definition) is 2. The topological polar surface area (TPSA) is 32.3 Å². The first kappa shape index (κ1) is 11.4. The molecule has 0 radical (unpaired) electrons. The summed E-state index contributed by atoms with van der Waals surface area (Å²) >= 11 is 7.68. The van der Waals surface area contributed by atoms with Gasteiger partial charge in [-0.1, -0.05) is 18.5 Å². The first-order valence-electron chi connectivity index (χ1n) is 5.33. The van der Waals surface area contributed by atoms with Crippen LogP contribution in [0.5, 0.6) is 0 Å². The molecule has 15 heavy (non-hydrogen) atoms. The van der Waals surface area contributed by atoms with Gasteiger partial charge in [-0.25, -0.2) is 0 Å². The second-order valence-corrected chi connectivity index (χ2v) is 5.98. The van der Waals surface area contributed by atoms with E-state index in [4.69, 9.17) is 16.7 Å². The van der Waals surface area contributed by atoms with Gasteiger partial charge in [0, 0.05) is 24.1 Å². The van der Waals surface area contributed by atoms with Crippen LogP contribution >= 0.6 is 22.9 Å². The normalized spacial score (nSPS) is 21.7. The first-order chi connectivity index (χ1) is 7.20. The summed E-state index contributed by atoms with van der Waals surface area (Å²) < 4.78 is 0.890. The Hall–Kier alpha value is -0.0900. The maximum Gasteiger partial charge on any atom is 0.0934 e. The Labute approximate surface area is 99.3 Å². The SMILES string of the molecule is CC(CO)CNC1CCc2sc(Cl)cc21. The largest absolute Gasteiger partial charge is 0.396 e. The van der Waals surface area contributed by atoms with Crippen LogP contribution in [0.2, 0.25) is 4.34 Å². The first-order valence-corrected chi connectivity index (χ1v) is 6.52. The molecule has 2 N–H and O–H groups in total. The second-order valence-electron chi connectivity index (χ2n) is 4.22. The molecule has 2 unspecified atom stereocenters. The van der Waals surface area contributed by atoms with Crippen LogP contribution in [-0.2, 0) is 6.42 Å². The van der Waals surface area contributed by atoms with Crippen LogP contribution in [0.1, 0.15) is 29.8 Å². The molecule has 4 heteroatoms. The summed E-state index contributed by atoms with van der Waals surface area (Å²) in [4.78, 5) is 1.43. The monoisotopic (exact) mass is 245 g/mol. The van der Waals surface area contributed by atoms with Crippen molar-refractivity contribution < 1.29 is 5.11 Å². The Kier molecular flexibility index (Phi) is 3.67. The second kappa shape index (κ2) is 4.83. The number of aryl methyl sites for hydroxylation is 1. The van der Waals surface area contributed by atoms with Crippen LogP contribution in [0.25, 0.3) is 0 Å². The highest BCUT2D eigenvalue weighted by molar-refractivity contribution is 7.16. The molecular weight excluding hydrogens is 230 g/mol. The lowest BCUT2D eigenvalue weighted by atomic mass is 10.1. The van der Waals surface area contributed by atoms with Crippen LogP contribution in [-0.4, -0.2) is 18.3 Å². The molecule has 0 aliphatic heterocycles. The lowest BCUT2D eigenvalue weighted by Gasteiger charge is -2.15. The molecule has 0 bridgehead atoms. The Balaban J connectivity index is 1.95. The fraction of sp³-hybridized carbons (Fsp3) is 0.636. The van der Waals surface area contributed by atoms with Gasteiger partial charge in [-0.2, -0.15) is 0 Å². The smallest absolute Gasteiger partial charge is 0.0934 e. The number of thiophene rings is 1. The molecule has 2 atom stereocenters. The highest BCUT2D eigenvalue weighted by Crippen LogP contribution is 2.39. The zero-order valence-electron chi connectivity index (χ0n) is 8.79. The van der Waals surface area contributed by atoms with Crippen LogP contribution in [0, 0.1) is 5.92 Å². The van der Waals surface area contributed by atoms with Gasteiger partial charge in [0.2, 0.25) is 0 Å². The van der Waals surface area contributed by atoms with E-state index < -0.39 is 0 Å². The van der Waals surface area contributed by atoms with Crippen molar-refractivity contribution in [3.8, 4) is 0 Å². The summed E-state index contributed by atoms with van der Waals surface area (Å²) in [6.07, 6.45) is 2.30. The third-order valence-electron chi connectivity index (χ3n) is 2.87. The molecule has 0 spiro atoms. The van der Waals surface area contributed by atoms with E-state index in [1.807, 2.05) is 6.92 Å². The van der Waals surface area contributed by atoms with Crippen LogP contribution < -0.4 is 5.32 Å². The predicted molar refractivity (Wildman–Crippen MR) is 64.6 cm³/mol. The van der Waals surface area contributed by atoms with Gasteiger partial charge in [-0.05, 0) is 30.4 Å². The Morgan fingerprint density at radius 1 is 1.73 bits per heavy atom. The molecular formula is C11H16ClNOS. The molecule has 0 saturated heterocycles. The lowest BCUT2D eigenvalue weighted by molar-refractivity contribution is 0.230. The highest BCUT2D eigenvalue weighted by Gasteiger charge is 2.24. The minimum Gasteiger partial charge on any atom is -0.396 e. The molecule has 0 saturated carbocycles. The fourth-order valence-corrected chi connectivity index (χ4v) is 3.31. The lowest BCUT2D eigenvalue weighted by Crippen LogP contribution is -2.26. The summed E-state index contributed by atoms with van der Waals surface area (Å²) in [5.41, 5.74) is 1.37. The van der Waals surface area contributed by atoms with Crippen molar-refractivity contribution in [2.24, 2.45) is 5.92 Å². The molecule has 2 nitrogen and oxygen atoms in total. The van der Waals surface area contributed by atoms with Crippen LogP contribution in [0.4, 0.5) is 0 Å². The molecule has 0 amide bonds. The number of nitrogens with one attached hydrogen (secondary N) is 1. The van der Waals surface area contributed by atoms with Crippen molar-refractivity contribution in [1.82, 2.24) is 5.32 Å².